The first-order valence-corrected chi connectivity index (χ1v) is 3.55. The van der Waals surface area contributed by atoms with Gasteiger partial charge in [0.15, 0.2) is 0 Å². The monoisotopic (exact) mass is 191 g/mol. The largest absolute Gasteiger partial charge is 0.750 e. The highest BCUT2D eigenvalue weighted by Crippen LogP contribution is 1.79. The average Bonchev–Trinajstić information content (AvgIpc) is 1.90. The summed E-state index contributed by atoms with van der Waals surface area (Å²) in [7, 11) is 0. The van der Waals surface area contributed by atoms with Gasteiger partial charge in [-0.2, -0.15) is 0 Å². The van der Waals surface area contributed by atoms with Crippen molar-refractivity contribution in [3.05, 3.63) is 36.4 Å². The Morgan fingerprint density at radius 3 is 1.08 bits per heavy atom. The van der Waals surface area contributed by atoms with Crippen molar-refractivity contribution in [3.8, 4) is 0 Å². The van der Waals surface area contributed by atoms with E-state index in [2.05, 4.69) is 0 Å². The van der Waals surface area contributed by atoms with Crippen molar-refractivity contribution in [2.75, 3.05) is 0 Å². The quantitative estimate of drug-likeness (QED) is 0.640. The van der Waals surface area contributed by atoms with Crippen molar-refractivity contribution >= 4 is 11.4 Å². The van der Waals surface area contributed by atoms with Crippen molar-refractivity contribution in [2.45, 2.75) is 14.9 Å². The normalized spacial score (nSPS) is 9.17. The van der Waals surface area contributed by atoms with E-state index < -0.39 is 11.4 Å². The molecular formula is C8H15O3S-. The van der Waals surface area contributed by atoms with E-state index in [1.54, 1.807) is 0 Å². The molecule has 0 saturated carbocycles. The van der Waals surface area contributed by atoms with Gasteiger partial charge in [-0.3, -0.25) is 0 Å². The van der Waals surface area contributed by atoms with Crippen LogP contribution in [0, 0.1) is 0 Å². The van der Waals surface area contributed by atoms with E-state index in [9.17, 15) is 0 Å². The van der Waals surface area contributed by atoms with Crippen LogP contribution in [0.15, 0.2) is 36.4 Å². The Bertz CT molecular complexity index is 146. The first kappa shape index (κ1) is 17.4. The summed E-state index contributed by atoms with van der Waals surface area (Å²) in [5.41, 5.74) is 0. The zero-order valence-electron chi connectivity index (χ0n) is 5.14. The Balaban J connectivity index is -0.000000124. The fourth-order valence-electron chi connectivity index (χ4n) is 0.385. The highest BCUT2D eigenvalue weighted by Gasteiger charge is 1.57. The van der Waals surface area contributed by atoms with Crippen LogP contribution in [0.3, 0.4) is 0 Å². The molecule has 3 nitrogen and oxygen atoms in total. The molecule has 1 N–H and O–H groups in total. The summed E-state index contributed by atoms with van der Waals surface area (Å²) in [5, 5.41) is 0. The predicted molar refractivity (Wildman–Crippen MR) is 51.5 cm³/mol. The molecule has 1 rings (SSSR count). The summed E-state index contributed by atoms with van der Waals surface area (Å²) in [6.07, 6.45) is 0. The number of rotatable bonds is 0. The fourth-order valence-corrected chi connectivity index (χ4v) is 0.385. The Kier molecular flexibility index (Phi) is 18.7. The highest BCUT2D eigenvalue weighted by atomic mass is 32.2. The average molecular weight is 191 g/mol. The standard InChI is InChI=1S/C6H6.2CH4.H2O3S/c1-2-4-6-5-3-1;;;1-4(2)3/h1-6H;2*1H4;(H2,1,2,3)/p-1. The van der Waals surface area contributed by atoms with Gasteiger partial charge >= 0.3 is 0 Å². The van der Waals surface area contributed by atoms with Gasteiger partial charge in [0.05, 0.1) is 11.4 Å². The third kappa shape index (κ3) is 22.8. The van der Waals surface area contributed by atoms with Crippen molar-refractivity contribution in [1.29, 1.82) is 0 Å². The maximum absolute atomic E-state index is 8.56. The topological polar surface area (TPSA) is 60.4 Å². The van der Waals surface area contributed by atoms with Gasteiger partial charge in [0.2, 0.25) is 0 Å². The zero-order chi connectivity index (χ0) is 7.82. The van der Waals surface area contributed by atoms with Gasteiger partial charge in [0, 0.05) is 0 Å². The molecule has 0 aliphatic rings. The summed E-state index contributed by atoms with van der Waals surface area (Å²) >= 11 is -2.86. The summed E-state index contributed by atoms with van der Waals surface area (Å²) in [5.74, 6) is 0. The lowest BCUT2D eigenvalue weighted by Gasteiger charge is -1.83. The third-order valence-electron chi connectivity index (χ3n) is 0.667. The second kappa shape index (κ2) is 12.9. The molecule has 0 heterocycles. The van der Waals surface area contributed by atoms with Gasteiger partial charge in [-0.15, -0.1) is 0 Å². The van der Waals surface area contributed by atoms with Gasteiger partial charge in [0.25, 0.3) is 0 Å². The molecule has 1 unspecified atom stereocenters. The van der Waals surface area contributed by atoms with E-state index >= 15 is 0 Å². The van der Waals surface area contributed by atoms with Gasteiger partial charge in [0.1, 0.15) is 0 Å². The minimum atomic E-state index is -2.86. The molecule has 0 amide bonds. The first-order valence-electron chi connectivity index (χ1n) is 2.52. The Labute approximate surface area is 76.6 Å². The molecule has 0 aliphatic heterocycles. The predicted octanol–water partition coefficient (Wildman–Crippen LogP) is 2.30. The van der Waals surface area contributed by atoms with E-state index in [-0.39, 0.29) is 14.9 Å². The van der Waals surface area contributed by atoms with Crippen molar-refractivity contribution in [2.24, 2.45) is 0 Å². The first-order chi connectivity index (χ1) is 4.73. The minimum Gasteiger partial charge on any atom is -0.750 e. The molecule has 0 spiro atoms. The number of benzene rings is 1. The maximum atomic E-state index is 8.56. The summed E-state index contributed by atoms with van der Waals surface area (Å²) in [6.45, 7) is 0. The van der Waals surface area contributed by atoms with E-state index in [1.807, 2.05) is 36.4 Å². The van der Waals surface area contributed by atoms with E-state index in [4.69, 9.17) is 13.3 Å². The van der Waals surface area contributed by atoms with Crippen molar-refractivity contribution in [1.82, 2.24) is 0 Å². The van der Waals surface area contributed by atoms with Crippen LogP contribution in [0.1, 0.15) is 14.9 Å². The second-order valence-corrected chi connectivity index (χ2v) is 1.81. The molecule has 0 saturated heterocycles. The summed E-state index contributed by atoms with van der Waals surface area (Å²) in [6, 6.07) is 12.0. The van der Waals surface area contributed by atoms with Crippen LogP contribution < -0.4 is 0 Å². The lowest BCUT2D eigenvalue weighted by molar-refractivity contribution is 0.436. The lowest BCUT2D eigenvalue weighted by Crippen LogP contribution is -1.75. The van der Waals surface area contributed by atoms with E-state index in [0.717, 1.165) is 0 Å². The molecule has 1 atom stereocenters. The SMILES string of the molecule is C.C.O=S([O-])O.c1ccccc1. The van der Waals surface area contributed by atoms with Crippen molar-refractivity contribution < 1.29 is 13.3 Å². The molecule has 12 heavy (non-hydrogen) atoms. The molecule has 0 fully saturated rings. The van der Waals surface area contributed by atoms with Gasteiger partial charge in [-0.25, -0.2) is 4.21 Å². The van der Waals surface area contributed by atoms with Crippen LogP contribution in [-0.4, -0.2) is 13.3 Å². The van der Waals surface area contributed by atoms with Gasteiger partial charge in [-0.05, 0) is 0 Å². The molecule has 0 aromatic heterocycles. The lowest BCUT2D eigenvalue weighted by atomic mass is 10.4. The Morgan fingerprint density at radius 1 is 0.917 bits per heavy atom. The summed E-state index contributed by atoms with van der Waals surface area (Å²) in [4.78, 5) is 0. The number of hydrogen-bond donors (Lipinski definition) is 1. The van der Waals surface area contributed by atoms with Crippen molar-refractivity contribution in [3.63, 3.8) is 0 Å². The van der Waals surface area contributed by atoms with Crippen LogP contribution in [0.4, 0.5) is 0 Å². The molecule has 72 valence electrons. The molecule has 1 aromatic rings. The van der Waals surface area contributed by atoms with E-state index in [1.165, 1.54) is 0 Å². The Hall–Kier alpha value is -0.710. The van der Waals surface area contributed by atoms with Crippen LogP contribution in [-0.2, 0) is 11.4 Å². The summed E-state index contributed by atoms with van der Waals surface area (Å²) < 4.78 is 24.1. The fraction of sp³-hybridized carbons (Fsp3) is 0.250. The molecule has 0 aliphatic carbocycles. The highest BCUT2D eigenvalue weighted by molar-refractivity contribution is 7.73. The molecule has 0 bridgehead atoms. The molecule has 4 heteroatoms. The molecular weight excluding hydrogens is 176 g/mol. The molecule has 0 radical (unpaired) electrons. The van der Waals surface area contributed by atoms with Gasteiger partial charge in [-0.1, -0.05) is 51.3 Å². The zero-order valence-corrected chi connectivity index (χ0v) is 5.95. The maximum Gasteiger partial charge on any atom is 0.0814 e. The minimum absolute atomic E-state index is 0. The Morgan fingerprint density at radius 2 is 1.00 bits per heavy atom. The van der Waals surface area contributed by atoms with Crippen LogP contribution in [0.25, 0.3) is 0 Å². The van der Waals surface area contributed by atoms with Crippen LogP contribution >= 0.6 is 0 Å². The third-order valence-corrected chi connectivity index (χ3v) is 0.667. The number of hydrogen-bond acceptors (Lipinski definition) is 2. The van der Waals surface area contributed by atoms with Crippen LogP contribution in [0.5, 0.6) is 0 Å². The van der Waals surface area contributed by atoms with E-state index in [0.29, 0.717) is 0 Å². The second-order valence-electron chi connectivity index (χ2n) is 1.37. The van der Waals surface area contributed by atoms with Gasteiger partial charge < -0.3 is 9.11 Å². The smallest absolute Gasteiger partial charge is 0.0814 e. The molecule has 1 aromatic carbocycles. The van der Waals surface area contributed by atoms with Crippen LogP contribution in [0.2, 0.25) is 0 Å².